The van der Waals surface area contributed by atoms with E-state index in [4.69, 9.17) is 11.0 Å². The third-order valence-corrected chi connectivity index (χ3v) is 4.53. The number of anilines is 3. The number of carbonyl (C=O) groups is 1. The molecule has 6 N–H and O–H groups in total. The van der Waals surface area contributed by atoms with Gasteiger partial charge in [-0.05, 0) is 48.2 Å². The minimum Gasteiger partial charge on any atom is -0.507 e. The fourth-order valence-corrected chi connectivity index (χ4v) is 3.08. The predicted molar refractivity (Wildman–Crippen MR) is 111 cm³/mol. The minimum atomic E-state index is -0.622. The molecular formula is C21H22N6O2. The number of nitriles is 1. The zero-order chi connectivity index (χ0) is 21.0. The maximum Gasteiger partial charge on any atom is 0.256 e. The Balaban J connectivity index is 1.78. The third-order valence-electron chi connectivity index (χ3n) is 4.53. The number of H-pyrrole nitrogens is 1. The second-order valence-corrected chi connectivity index (χ2v) is 6.78. The van der Waals surface area contributed by atoms with Crippen LogP contribution in [0.4, 0.5) is 17.3 Å². The van der Waals surface area contributed by atoms with Crippen molar-refractivity contribution in [2.45, 2.75) is 26.8 Å². The first-order valence-corrected chi connectivity index (χ1v) is 9.03. The number of nitrogens with one attached hydrogen (secondary N) is 3. The maximum absolute atomic E-state index is 12.0. The van der Waals surface area contributed by atoms with Gasteiger partial charge in [0.05, 0.1) is 12.5 Å². The van der Waals surface area contributed by atoms with Crippen LogP contribution in [0.15, 0.2) is 36.4 Å². The lowest BCUT2D eigenvalue weighted by atomic mass is 10.1. The molecule has 29 heavy (non-hydrogen) atoms. The van der Waals surface area contributed by atoms with Crippen LogP contribution in [0.2, 0.25) is 0 Å². The zero-order valence-electron chi connectivity index (χ0n) is 16.2. The van der Waals surface area contributed by atoms with Crippen LogP contribution in [0.3, 0.4) is 0 Å². The van der Waals surface area contributed by atoms with Gasteiger partial charge >= 0.3 is 0 Å². The molecule has 0 aliphatic heterocycles. The second kappa shape index (κ2) is 8.35. The van der Waals surface area contributed by atoms with Crippen molar-refractivity contribution in [1.29, 1.82) is 5.26 Å². The van der Waals surface area contributed by atoms with Crippen LogP contribution in [-0.4, -0.2) is 21.2 Å². The first kappa shape index (κ1) is 19.8. The van der Waals surface area contributed by atoms with Crippen LogP contribution < -0.4 is 16.4 Å². The number of amides is 1. The smallest absolute Gasteiger partial charge is 0.256 e. The molecule has 148 valence electrons. The summed E-state index contributed by atoms with van der Waals surface area (Å²) in [6.07, 6.45) is 0.334. The third kappa shape index (κ3) is 4.47. The van der Waals surface area contributed by atoms with E-state index in [-0.39, 0.29) is 11.3 Å². The van der Waals surface area contributed by atoms with Crippen molar-refractivity contribution >= 4 is 23.2 Å². The van der Waals surface area contributed by atoms with Crippen molar-refractivity contribution in [3.05, 3.63) is 64.2 Å². The zero-order valence-corrected chi connectivity index (χ0v) is 16.2. The van der Waals surface area contributed by atoms with Gasteiger partial charge in [0.2, 0.25) is 0 Å². The Morgan fingerprint density at radius 2 is 1.86 bits per heavy atom. The number of phenols is 1. The summed E-state index contributed by atoms with van der Waals surface area (Å²) in [6.45, 7) is 4.08. The topological polar surface area (TPSA) is 140 Å². The van der Waals surface area contributed by atoms with E-state index >= 15 is 0 Å². The molecule has 0 aliphatic rings. The second-order valence-electron chi connectivity index (χ2n) is 6.78. The van der Waals surface area contributed by atoms with Gasteiger partial charge in [-0.2, -0.15) is 10.4 Å². The summed E-state index contributed by atoms with van der Waals surface area (Å²) in [6, 6.07) is 13.1. The number of aryl methyl sites for hydroxylation is 2. The van der Waals surface area contributed by atoms with Gasteiger partial charge in [-0.25, -0.2) is 0 Å². The summed E-state index contributed by atoms with van der Waals surface area (Å²) < 4.78 is 0. The lowest BCUT2D eigenvalue weighted by Gasteiger charge is -2.10. The number of nitrogens with zero attached hydrogens (tertiary/aromatic N) is 2. The SMILES string of the molecule is Cc1cc(CNc2n[nH]c(Nc3ccc(CC#N)cc3)c2C(N)=O)cc(C)c1O. The van der Waals surface area contributed by atoms with Crippen LogP contribution in [0.1, 0.15) is 32.6 Å². The summed E-state index contributed by atoms with van der Waals surface area (Å²) >= 11 is 0. The number of phenolic OH excluding ortho intramolecular Hbond substituents is 1. The highest BCUT2D eigenvalue weighted by Gasteiger charge is 2.18. The molecule has 0 unspecified atom stereocenters. The normalized spacial score (nSPS) is 10.4. The quantitative estimate of drug-likeness (QED) is 0.419. The number of nitrogens with two attached hydrogens (primary N) is 1. The van der Waals surface area contributed by atoms with Gasteiger partial charge in [0.1, 0.15) is 17.1 Å². The molecule has 0 saturated heterocycles. The molecule has 8 nitrogen and oxygen atoms in total. The highest BCUT2D eigenvalue weighted by molar-refractivity contribution is 6.03. The molecule has 0 radical (unpaired) electrons. The summed E-state index contributed by atoms with van der Waals surface area (Å²) in [4.78, 5) is 12.0. The van der Waals surface area contributed by atoms with Crippen LogP contribution >= 0.6 is 0 Å². The predicted octanol–water partition coefficient (Wildman–Crippen LogP) is 3.25. The molecule has 0 aliphatic carbocycles. The Hall–Kier alpha value is -3.99. The minimum absolute atomic E-state index is 0.221. The largest absolute Gasteiger partial charge is 0.507 e. The number of aromatic nitrogens is 2. The van der Waals surface area contributed by atoms with Gasteiger partial charge in [-0.3, -0.25) is 9.89 Å². The molecular weight excluding hydrogens is 368 g/mol. The van der Waals surface area contributed by atoms with Gasteiger partial charge in [0, 0.05) is 12.2 Å². The van der Waals surface area contributed by atoms with Crippen molar-refractivity contribution in [2.75, 3.05) is 10.6 Å². The highest BCUT2D eigenvalue weighted by atomic mass is 16.3. The number of benzene rings is 2. The highest BCUT2D eigenvalue weighted by Crippen LogP contribution is 2.26. The first-order valence-electron chi connectivity index (χ1n) is 9.03. The monoisotopic (exact) mass is 390 g/mol. The molecule has 3 aromatic rings. The van der Waals surface area contributed by atoms with E-state index < -0.39 is 5.91 Å². The molecule has 0 fully saturated rings. The van der Waals surface area contributed by atoms with Crippen LogP contribution in [-0.2, 0) is 13.0 Å². The van der Waals surface area contributed by atoms with Gasteiger partial charge in [-0.15, -0.1) is 0 Å². The Morgan fingerprint density at radius 3 is 2.45 bits per heavy atom. The molecule has 1 aromatic heterocycles. The fraction of sp³-hybridized carbons (Fsp3) is 0.190. The lowest BCUT2D eigenvalue weighted by molar-refractivity contribution is 0.100. The van der Waals surface area contributed by atoms with E-state index in [2.05, 4.69) is 26.9 Å². The number of aromatic amines is 1. The van der Waals surface area contributed by atoms with Crippen molar-refractivity contribution in [3.63, 3.8) is 0 Å². The van der Waals surface area contributed by atoms with E-state index in [1.807, 2.05) is 50.2 Å². The number of hydrogen-bond donors (Lipinski definition) is 5. The molecule has 1 heterocycles. The molecule has 0 bridgehead atoms. The molecule has 1 amide bonds. The van der Waals surface area contributed by atoms with Gasteiger partial charge in [-0.1, -0.05) is 24.3 Å². The van der Waals surface area contributed by atoms with Crippen LogP contribution in [0, 0.1) is 25.2 Å². The average Bonchev–Trinajstić information content (AvgIpc) is 3.09. The molecule has 2 aromatic carbocycles. The van der Waals surface area contributed by atoms with Crippen molar-refractivity contribution in [1.82, 2.24) is 10.2 Å². The summed E-state index contributed by atoms with van der Waals surface area (Å²) in [5, 5.41) is 31.8. The molecule has 0 saturated carbocycles. The first-order chi connectivity index (χ1) is 13.9. The Morgan fingerprint density at radius 1 is 1.21 bits per heavy atom. The Bertz CT molecular complexity index is 1060. The molecule has 3 rings (SSSR count). The van der Waals surface area contributed by atoms with E-state index in [1.54, 1.807) is 0 Å². The maximum atomic E-state index is 12.0. The van der Waals surface area contributed by atoms with Gasteiger partial charge < -0.3 is 21.5 Å². The number of primary amides is 1. The standard InChI is InChI=1S/C21H22N6O2/c1-12-9-15(10-13(2)18(12)28)11-24-20-17(19(23)29)21(27-26-20)25-16-5-3-14(4-6-16)7-8-22/h3-6,9-10,28H,7,11H2,1-2H3,(H2,23,29)(H3,24,25,26,27). The Kier molecular flexibility index (Phi) is 5.69. The molecule has 0 spiro atoms. The van der Waals surface area contributed by atoms with E-state index in [9.17, 15) is 9.90 Å². The average molecular weight is 390 g/mol. The summed E-state index contributed by atoms with van der Waals surface area (Å²) in [5.41, 5.74) is 9.92. The number of rotatable bonds is 7. The molecule has 8 heteroatoms. The van der Waals surface area contributed by atoms with Crippen molar-refractivity contribution < 1.29 is 9.90 Å². The summed E-state index contributed by atoms with van der Waals surface area (Å²) in [7, 11) is 0. The molecule has 0 atom stereocenters. The number of carbonyl (C=O) groups excluding carboxylic acids is 1. The van der Waals surface area contributed by atoms with Gasteiger partial charge in [0.25, 0.3) is 5.91 Å². The Labute approximate surface area is 168 Å². The lowest BCUT2D eigenvalue weighted by Crippen LogP contribution is -2.15. The number of aromatic hydroxyl groups is 1. The van der Waals surface area contributed by atoms with Crippen molar-refractivity contribution in [2.24, 2.45) is 5.73 Å². The van der Waals surface area contributed by atoms with Crippen molar-refractivity contribution in [3.8, 4) is 11.8 Å². The van der Waals surface area contributed by atoms with E-state index in [1.165, 1.54) is 0 Å². The fourth-order valence-electron chi connectivity index (χ4n) is 3.08. The van der Waals surface area contributed by atoms with Crippen LogP contribution in [0.25, 0.3) is 0 Å². The van der Waals surface area contributed by atoms with Gasteiger partial charge in [0.15, 0.2) is 5.82 Å². The number of hydrogen-bond acceptors (Lipinski definition) is 6. The summed E-state index contributed by atoms with van der Waals surface area (Å²) in [5.74, 6) is 0.372. The van der Waals surface area contributed by atoms with E-state index in [0.717, 1.165) is 27.9 Å². The van der Waals surface area contributed by atoms with E-state index in [0.29, 0.717) is 24.6 Å². The van der Waals surface area contributed by atoms with Crippen LogP contribution in [0.5, 0.6) is 5.75 Å².